The molecule has 0 fully saturated rings. The SMILES string of the molecule is COC(=O)c1cc(Cc2ccccc2)n2c1C(c1ccccc1)OCCC2. The average molecular weight is 361 g/mol. The Morgan fingerprint density at radius 2 is 1.81 bits per heavy atom. The van der Waals surface area contributed by atoms with Crippen molar-refractivity contribution in [3.63, 3.8) is 0 Å². The number of nitrogens with zero attached hydrogens (tertiary/aromatic N) is 1. The zero-order chi connectivity index (χ0) is 18.6. The second-order valence-electron chi connectivity index (χ2n) is 6.76. The number of fused-ring (bicyclic) bond motifs is 1. The Hall–Kier alpha value is -2.85. The van der Waals surface area contributed by atoms with Gasteiger partial charge in [0.05, 0.1) is 18.4 Å². The van der Waals surface area contributed by atoms with Crippen LogP contribution in [0, 0.1) is 0 Å². The van der Waals surface area contributed by atoms with Gasteiger partial charge in [-0.15, -0.1) is 0 Å². The highest BCUT2D eigenvalue weighted by atomic mass is 16.5. The summed E-state index contributed by atoms with van der Waals surface area (Å²) in [6.45, 7) is 1.49. The van der Waals surface area contributed by atoms with Gasteiger partial charge in [-0.05, 0) is 23.6 Å². The molecule has 4 rings (SSSR count). The molecule has 2 heterocycles. The molecule has 27 heavy (non-hydrogen) atoms. The molecule has 1 atom stereocenters. The van der Waals surface area contributed by atoms with E-state index in [0.29, 0.717) is 12.2 Å². The monoisotopic (exact) mass is 361 g/mol. The zero-order valence-corrected chi connectivity index (χ0v) is 15.4. The van der Waals surface area contributed by atoms with Crippen molar-refractivity contribution in [3.8, 4) is 0 Å². The quantitative estimate of drug-likeness (QED) is 0.648. The minimum absolute atomic E-state index is 0.271. The van der Waals surface area contributed by atoms with Crippen LogP contribution < -0.4 is 0 Å². The summed E-state index contributed by atoms with van der Waals surface area (Å²) in [5, 5.41) is 0. The first-order valence-electron chi connectivity index (χ1n) is 9.29. The fourth-order valence-electron chi connectivity index (χ4n) is 3.78. The van der Waals surface area contributed by atoms with Gasteiger partial charge >= 0.3 is 5.97 Å². The largest absolute Gasteiger partial charge is 0.465 e. The van der Waals surface area contributed by atoms with Gasteiger partial charge in [0.1, 0.15) is 6.10 Å². The van der Waals surface area contributed by atoms with E-state index in [4.69, 9.17) is 9.47 Å². The average Bonchev–Trinajstić information content (AvgIpc) is 2.92. The molecule has 0 saturated heterocycles. The predicted molar refractivity (Wildman–Crippen MR) is 104 cm³/mol. The molecule has 0 N–H and O–H groups in total. The molecule has 3 aromatic rings. The van der Waals surface area contributed by atoms with E-state index in [1.54, 1.807) is 0 Å². The van der Waals surface area contributed by atoms with Crippen LogP contribution in [0.15, 0.2) is 66.7 Å². The number of methoxy groups -OCH3 is 1. The third-order valence-electron chi connectivity index (χ3n) is 5.02. The summed E-state index contributed by atoms with van der Waals surface area (Å²) in [4.78, 5) is 12.5. The fraction of sp³-hybridized carbons (Fsp3) is 0.261. The highest BCUT2D eigenvalue weighted by Crippen LogP contribution is 2.34. The molecule has 0 aliphatic carbocycles. The highest BCUT2D eigenvalue weighted by molar-refractivity contribution is 5.91. The van der Waals surface area contributed by atoms with Crippen LogP contribution in [0.4, 0.5) is 0 Å². The Labute approximate surface area is 159 Å². The Morgan fingerprint density at radius 1 is 1.11 bits per heavy atom. The predicted octanol–water partition coefficient (Wildman–Crippen LogP) is 4.38. The summed E-state index contributed by atoms with van der Waals surface area (Å²) < 4.78 is 13.5. The van der Waals surface area contributed by atoms with Gasteiger partial charge in [-0.1, -0.05) is 60.7 Å². The van der Waals surface area contributed by atoms with Crippen molar-refractivity contribution >= 4 is 5.97 Å². The van der Waals surface area contributed by atoms with Gasteiger partial charge in [0.15, 0.2) is 0 Å². The summed E-state index contributed by atoms with van der Waals surface area (Å²) in [5.74, 6) is -0.315. The Balaban J connectivity index is 1.84. The minimum Gasteiger partial charge on any atom is -0.465 e. The number of hydrogen-bond acceptors (Lipinski definition) is 3. The molecular weight excluding hydrogens is 338 g/mol. The summed E-state index contributed by atoms with van der Waals surface area (Å²) in [7, 11) is 1.43. The van der Waals surface area contributed by atoms with Crippen molar-refractivity contribution in [1.29, 1.82) is 0 Å². The van der Waals surface area contributed by atoms with E-state index in [0.717, 1.165) is 36.3 Å². The molecular formula is C23H23NO3. The van der Waals surface area contributed by atoms with Crippen LogP contribution in [0.25, 0.3) is 0 Å². The third kappa shape index (κ3) is 3.53. The summed E-state index contributed by atoms with van der Waals surface area (Å²) in [6.07, 6.45) is 1.41. The lowest BCUT2D eigenvalue weighted by Gasteiger charge is -2.19. The van der Waals surface area contributed by atoms with Crippen LogP contribution in [0.3, 0.4) is 0 Å². The molecule has 2 aromatic carbocycles. The van der Waals surface area contributed by atoms with Crippen molar-refractivity contribution in [2.24, 2.45) is 0 Å². The summed E-state index contributed by atoms with van der Waals surface area (Å²) >= 11 is 0. The van der Waals surface area contributed by atoms with Gasteiger partial charge in [0, 0.05) is 25.3 Å². The lowest BCUT2D eigenvalue weighted by molar-refractivity contribution is 0.0579. The molecule has 138 valence electrons. The van der Waals surface area contributed by atoms with Gasteiger partial charge in [0.25, 0.3) is 0 Å². The standard InChI is InChI=1S/C23H23NO3/c1-26-23(25)20-16-19(15-17-9-4-2-5-10-17)24-13-8-14-27-22(21(20)24)18-11-6-3-7-12-18/h2-7,9-12,16,22H,8,13-15H2,1H3. The van der Waals surface area contributed by atoms with Crippen molar-refractivity contribution in [2.75, 3.05) is 13.7 Å². The molecule has 4 heteroatoms. The van der Waals surface area contributed by atoms with E-state index in [1.807, 2.05) is 54.6 Å². The second kappa shape index (κ2) is 7.80. The Morgan fingerprint density at radius 3 is 2.52 bits per heavy atom. The number of aromatic nitrogens is 1. The van der Waals surface area contributed by atoms with Crippen molar-refractivity contribution < 1.29 is 14.3 Å². The smallest absolute Gasteiger partial charge is 0.339 e. The number of carbonyl (C=O) groups is 1. The van der Waals surface area contributed by atoms with Gasteiger partial charge < -0.3 is 14.0 Å². The highest BCUT2D eigenvalue weighted by Gasteiger charge is 2.30. The Kier molecular flexibility index (Phi) is 5.07. The number of ether oxygens (including phenoxy) is 2. The molecule has 0 saturated carbocycles. The van der Waals surface area contributed by atoms with Gasteiger partial charge in [-0.25, -0.2) is 4.79 Å². The number of esters is 1. The molecule has 1 aliphatic heterocycles. The number of hydrogen-bond donors (Lipinski definition) is 0. The first-order valence-corrected chi connectivity index (χ1v) is 9.29. The van der Waals surface area contributed by atoms with E-state index in [1.165, 1.54) is 12.7 Å². The molecule has 0 radical (unpaired) electrons. The maximum Gasteiger partial charge on any atom is 0.339 e. The lowest BCUT2D eigenvalue weighted by atomic mass is 10.0. The van der Waals surface area contributed by atoms with E-state index in [-0.39, 0.29) is 12.1 Å². The summed E-state index contributed by atoms with van der Waals surface area (Å²) in [6, 6.07) is 22.4. The number of carbonyl (C=O) groups excluding carboxylic acids is 1. The van der Waals surface area contributed by atoms with E-state index >= 15 is 0 Å². The molecule has 1 unspecified atom stereocenters. The normalized spacial score (nSPS) is 16.4. The second-order valence-corrected chi connectivity index (χ2v) is 6.76. The Bertz CT molecular complexity index is 916. The zero-order valence-electron chi connectivity index (χ0n) is 15.4. The maximum atomic E-state index is 12.5. The van der Waals surface area contributed by atoms with Crippen LogP contribution in [0.1, 0.15) is 45.4 Å². The fourth-order valence-corrected chi connectivity index (χ4v) is 3.78. The van der Waals surface area contributed by atoms with Crippen LogP contribution in [-0.4, -0.2) is 24.3 Å². The molecule has 0 amide bonds. The molecule has 0 bridgehead atoms. The van der Waals surface area contributed by atoms with Crippen LogP contribution >= 0.6 is 0 Å². The number of rotatable bonds is 4. The first-order chi connectivity index (χ1) is 13.3. The molecule has 1 aromatic heterocycles. The van der Waals surface area contributed by atoms with Crippen LogP contribution in [0.5, 0.6) is 0 Å². The maximum absolute atomic E-state index is 12.5. The van der Waals surface area contributed by atoms with Gasteiger partial charge in [0.2, 0.25) is 0 Å². The first kappa shape index (κ1) is 17.6. The van der Waals surface area contributed by atoms with Crippen molar-refractivity contribution in [1.82, 2.24) is 4.57 Å². The third-order valence-corrected chi connectivity index (χ3v) is 5.02. The van der Waals surface area contributed by atoms with Crippen LogP contribution in [-0.2, 0) is 22.4 Å². The van der Waals surface area contributed by atoms with E-state index in [2.05, 4.69) is 16.7 Å². The van der Waals surface area contributed by atoms with Crippen LogP contribution in [0.2, 0.25) is 0 Å². The van der Waals surface area contributed by atoms with Crippen molar-refractivity contribution in [3.05, 3.63) is 94.8 Å². The van der Waals surface area contributed by atoms with E-state index in [9.17, 15) is 4.79 Å². The molecule has 4 nitrogen and oxygen atoms in total. The number of benzene rings is 2. The van der Waals surface area contributed by atoms with Crippen molar-refractivity contribution in [2.45, 2.75) is 25.5 Å². The summed E-state index contributed by atoms with van der Waals surface area (Å²) in [5.41, 5.74) is 4.88. The van der Waals surface area contributed by atoms with E-state index < -0.39 is 0 Å². The van der Waals surface area contributed by atoms with Gasteiger partial charge in [-0.2, -0.15) is 0 Å². The minimum atomic E-state index is -0.315. The topological polar surface area (TPSA) is 40.5 Å². The van der Waals surface area contributed by atoms with Gasteiger partial charge in [-0.3, -0.25) is 0 Å². The molecule has 1 aliphatic rings. The lowest BCUT2D eigenvalue weighted by Crippen LogP contribution is -2.14. The molecule has 0 spiro atoms.